The number of hydrogen-bond donors (Lipinski definition) is 1. The average Bonchev–Trinajstić information content (AvgIpc) is 2.95. The minimum absolute atomic E-state index is 0.543. The highest BCUT2D eigenvalue weighted by Gasteiger charge is 2.13. The van der Waals surface area contributed by atoms with Gasteiger partial charge in [0, 0.05) is 5.02 Å². The third-order valence-corrected chi connectivity index (χ3v) is 3.28. The van der Waals surface area contributed by atoms with E-state index in [1.165, 1.54) is 0 Å². The second kappa shape index (κ2) is 4.75. The molecule has 1 aromatic carbocycles. The maximum atomic E-state index is 5.97. The number of rotatable bonds is 2. The molecular weight excluding hydrogens is 330 g/mol. The summed E-state index contributed by atoms with van der Waals surface area (Å²) in [4.78, 5) is 0. The van der Waals surface area contributed by atoms with Crippen molar-refractivity contribution >= 4 is 33.2 Å². The van der Waals surface area contributed by atoms with Gasteiger partial charge in [0.15, 0.2) is 16.1 Å². The van der Waals surface area contributed by atoms with Crippen LogP contribution in [0.5, 0.6) is 0 Å². The van der Waals surface area contributed by atoms with Crippen molar-refractivity contribution in [1.82, 2.24) is 9.78 Å². The Labute approximate surface area is 122 Å². The van der Waals surface area contributed by atoms with Crippen LogP contribution in [0.15, 0.2) is 51.7 Å². The molecule has 0 fully saturated rings. The Morgan fingerprint density at radius 1 is 1.26 bits per heavy atom. The van der Waals surface area contributed by atoms with Crippen LogP contribution in [0.25, 0.3) is 17.1 Å². The van der Waals surface area contributed by atoms with Crippen molar-refractivity contribution in [2.24, 2.45) is 0 Å². The number of nitrogens with zero attached hydrogens (tertiary/aromatic N) is 2. The van der Waals surface area contributed by atoms with Gasteiger partial charge >= 0.3 is 0 Å². The fourth-order valence-corrected chi connectivity index (χ4v) is 2.26. The zero-order valence-electron chi connectivity index (χ0n) is 9.68. The van der Waals surface area contributed by atoms with Gasteiger partial charge in [-0.2, -0.15) is 5.10 Å². The Balaban J connectivity index is 2.06. The molecule has 96 valence electrons. The van der Waals surface area contributed by atoms with Gasteiger partial charge in [0.2, 0.25) is 0 Å². The summed E-state index contributed by atoms with van der Waals surface area (Å²) in [6.45, 7) is 0. The lowest BCUT2D eigenvalue weighted by molar-refractivity contribution is 0.553. The summed E-state index contributed by atoms with van der Waals surface area (Å²) in [6, 6.07) is 11.0. The zero-order chi connectivity index (χ0) is 13.4. The Kier molecular flexibility index (Phi) is 3.08. The van der Waals surface area contributed by atoms with E-state index in [0.29, 0.717) is 26.8 Å². The quantitative estimate of drug-likeness (QED) is 0.764. The van der Waals surface area contributed by atoms with Gasteiger partial charge < -0.3 is 10.2 Å². The van der Waals surface area contributed by atoms with Crippen LogP contribution in [0.3, 0.4) is 0 Å². The van der Waals surface area contributed by atoms with E-state index in [2.05, 4.69) is 21.0 Å². The minimum Gasteiger partial charge on any atom is -0.448 e. The SMILES string of the molecule is Nc1cn(-c2cccc(Cl)c2)nc1-c1ccc(Br)o1. The molecule has 0 radical (unpaired) electrons. The van der Waals surface area contributed by atoms with Crippen LogP contribution in [0.4, 0.5) is 5.69 Å². The first-order valence-electron chi connectivity index (χ1n) is 5.50. The number of aromatic nitrogens is 2. The van der Waals surface area contributed by atoms with Crippen LogP contribution in [-0.2, 0) is 0 Å². The second-order valence-electron chi connectivity index (χ2n) is 3.96. The molecule has 0 saturated carbocycles. The smallest absolute Gasteiger partial charge is 0.169 e. The van der Waals surface area contributed by atoms with E-state index >= 15 is 0 Å². The van der Waals surface area contributed by atoms with E-state index < -0.39 is 0 Å². The molecular formula is C13H9BrClN3O. The van der Waals surface area contributed by atoms with Crippen LogP contribution in [-0.4, -0.2) is 9.78 Å². The first kappa shape index (κ1) is 12.3. The molecule has 2 aromatic heterocycles. The van der Waals surface area contributed by atoms with Crippen LogP contribution < -0.4 is 5.73 Å². The molecule has 0 atom stereocenters. The highest BCUT2D eigenvalue weighted by Crippen LogP contribution is 2.29. The normalized spacial score (nSPS) is 10.8. The highest BCUT2D eigenvalue weighted by molar-refractivity contribution is 9.10. The van der Waals surface area contributed by atoms with Gasteiger partial charge in [0.1, 0.15) is 0 Å². The highest BCUT2D eigenvalue weighted by atomic mass is 79.9. The fraction of sp³-hybridized carbons (Fsp3) is 0. The Bertz CT molecular complexity index is 735. The van der Waals surface area contributed by atoms with Crippen LogP contribution >= 0.6 is 27.5 Å². The number of nitrogens with two attached hydrogens (primary N) is 1. The zero-order valence-corrected chi connectivity index (χ0v) is 12.0. The monoisotopic (exact) mass is 337 g/mol. The van der Waals surface area contributed by atoms with E-state index in [1.54, 1.807) is 16.9 Å². The molecule has 4 nitrogen and oxygen atoms in total. The summed E-state index contributed by atoms with van der Waals surface area (Å²) in [5, 5.41) is 5.07. The van der Waals surface area contributed by atoms with E-state index in [0.717, 1.165) is 5.69 Å². The first-order chi connectivity index (χ1) is 9.13. The van der Waals surface area contributed by atoms with E-state index in [-0.39, 0.29) is 0 Å². The number of hydrogen-bond acceptors (Lipinski definition) is 3. The molecule has 0 aliphatic heterocycles. The molecule has 0 unspecified atom stereocenters. The molecule has 2 heterocycles. The molecule has 6 heteroatoms. The number of nitrogen functional groups attached to an aromatic ring is 1. The number of furan rings is 1. The third-order valence-electron chi connectivity index (χ3n) is 2.62. The molecule has 0 bridgehead atoms. The minimum atomic E-state index is 0.543. The largest absolute Gasteiger partial charge is 0.448 e. The summed E-state index contributed by atoms with van der Waals surface area (Å²) < 4.78 is 7.77. The average molecular weight is 339 g/mol. The lowest BCUT2D eigenvalue weighted by Gasteiger charge is -2.00. The lowest BCUT2D eigenvalue weighted by atomic mass is 10.3. The molecule has 3 aromatic rings. The van der Waals surface area contributed by atoms with Crippen LogP contribution in [0.1, 0.15) is 0 Å². The predicted molar refractivity (Wildman–Crippen MR) is 78.4 cm³/mol. The molecule has 2 N–H and O–H groups in total. The lowest BCUT2D eigenvalue weighted by Crippen LogP contribution is -1.94. The van der Waals surface area contributed by atoms with E-state index in [1.807, 2.05) is 30.3 Å². The van der Waals surface area contributed by atoms with Gasteiger partial charge in [-0.1, -0.05) is 17.7 Å². The Morgan fingerprint density at radius 2 is 2.11 bits per heavy atom. The molecule has 3 rings (SSSR count). The van der Waals surface area contributed by atoms with Crippen LogP contribution in [0.2, 0.25) is 5.02 Å². The van der Waals surface area contributed by atoms with Crippen molar-refractivity contribution in [1.29, 1.82) is 0 Å². The molecule has 0 amide bonds. The van der Waals surface area contributed by atoms with Crippen molar-refractivity contribution in [2.45, 2.75) is 0 Å². The van der Waals surface area contributed by atoms with Crippen molar-refractivity contribution in [2.75, 3.05) is 5.73 Å². The Morgan fingerprint density at radius 3 is 2.79 bits per heavy atom. The van der Waals surface area contributed by atoms with Crippen molar-refractivity contribution < 1.29 is 4.42 Å². The van der Waals surface area contributed by atoms with E-state index in [4.69, 9.17) is 21.8 Å². The van der Waals surface area contributed by atoms with Crippen molar-refractivity contribution in [3.05, 3.63) is 52.3 Å². The van der Waals surface area contributed by atoms with Gasteiger partial charge in [0.25, 0.3) is 0 Å². The fourth-order valence-electron chi connectivity index (χ4n) is 1.77. The van der Waals surface area contributed by atoms with Crippen molar-refractivity contribution in [3.63, 3.8) is 0 Å². The van der Waals surface area contributed by atoms with E-state index in [9.17, 15) is 0 Å². The molecule has 19 heavy (non-hydrogen) atoms. The summed E-state index contributed by atoms with van der Waals surface area (Å²) in [5.74, 6) is 0.616. The second-order valence-corrected chi connectivity index (χ2v) is 5.18. The van der Waals surface area contributed by atoms with Gasteiger partial charge in [-0.25, -0.2) is 4.68 Å². The van der Waals surface area contributed by atoms with Crippen LogP contribution in [0, 0.1) is 0 Å². The van der Waals surface area contributed by atoms with Gasteiger partial charge in [0.05, 0.1) is 17.6 Å². The standard InChI is InChI=1S/C13H9BrClN3O/c14-12-5-4-11(19-12)13-10(16)7-18(17-13)9-3-1-2-8(15)6-9/h1-7H,16H2. The van der Waals surface area contributed by atoms with Gasteiger partial charge in [-0.15, -0.1) is 0 Å². The topological polar surface area (TPSA) is 57.0 Å². The summed E-state index contributed by atoms with van der Waals surface area (Å²) >= 11 is 9.22. The maximum absolute atomic E-state index is 5.97. The van der Waals surface area contributed by atoms with Crippen molar-refractivity contribution in [3.8, 4) is 17.1 Å². The molecule has 0 aliphatic carbocycles. The predicted octanol–water partition coefficient (Wildman–Crippen LogP) is 4.13. The number of benzene rings is 1. The third kappa shape index (κ3) is 2.39. The summed E-state index contributed by atoms with van der Waals surface area (Å²) in [6.07, 6.45) is 1.73. The molecule has 0 saturated heterocycles. The number of halogens is 2. The van der Waals surface area contributed by atoms with Gasteiger partial charge in [-0.3, -0.25) is 0 Å². The molecule has 0 spiro atoms. The Hall–Kier alpha value is -1.72. The summed E-state index contributed by atoms with van der Waals surface area (Å²) in [7, 11) is 0. The molecule has 0 aliphatic rings. The summed E-state index contributed by atoms with van der Waals surface area (Å²) in [5.41, 5.74) is 7.96. The maximum Gasteiger partial charge on any atom is 0.169 e. The number of anilines is 1. The van der Waals surface area contributed by atoms with Gasteiger partial charge in [-0.05, 0) is 46.3 Å². The first-order valence-corrected chi connectivity index (χ1v) is 6.67.